The van der Waals surface area contributed by atoms with Crippen molar-refractivity contribution in [3.8, 4) is 0 Å². The van der Waals surface area contributed by atoms with Gasteiger partial charge in [0.2, 0.25) is 0 Å². The van der Waals surface area contributed by atoms with Gasteiger partial charge in [0.15, 0.2) is 0 Å². The van der Waals surface area contributed by atoms with Gasteiger partial charge < -0.3 is 9.64 Å². The molecule has 2 aromatic rings. The molecule has 1 amide bonds. The number of para-hydroxylation sites is 1. The Bertz CT molecular complexity index is 851. The van der Waals surface area contributed by atoms with E-state index in [1.807, 2.05) is 0 Å². The van der Waals surface area contributed by atoms with Crippen LogP contribution in [0.4, 0.5) is 15.8 Å². The largest absolute Gasteiger partial charge is 0.375 e. The molecule has 7 nitrogen and oxygen atoms in total. The maximum absolute atomic E-state index is 13.3. The molecule has 0 unspecified atom stereocenters. The summed E-state index contributed by atoms with van der Waals surface area (Å²) in [7, 11) is 1.47. The lowest BCUT2D eigenvalue weighted by atomic mass is 10.0. The van der Waals surface area contributed by atoms with Gasteiger partial charge in [-0.1, -0.05) is 18.2 Å². The number of piperidine rings is 1. The van der Waals surface area contributed by atoms with Gasteiger partial charge in [0.05, 0.1) is 4.92 Å². The molecule has 0 spiro atoms. The summed E-state index contributed by atoms with van der Waals surface area (Å²) in [5, 5.41) is 11.2. The number of amides is 1. The summed E-state index contributed by atoms with van der Waals surface area (Å²) < 4.78 is 18.3. The first-order chi connectivity index (χ1) is 14.0. The third-order valence-electron chi connectivity index (χ3n) is 5.15. The minimum Gasteiger partial charge on any atom is -0.375 e. The highest BCUT2D eigenvalue weighted by molar-refractivity contribution is 5.94. The zero-order valence-corrected chi connectivity index (χ0v) is 16.3. The van der Waals surface area contributed by atoms with Crippen molar-refractivity contribution in [3.63, 3.8) is 0 Å². The van der Waals surface area contributed by atoms with Crippen LogP contribution in [-0.2, 0) is 16.1 Å². The average molecular weight is 401 g/mol. The number of hydrogen-bond acceptors (Lipinski definition) is 5. The van der Waals surface area contributed by atoms with Gasteiger partial charge in [0.1, 0.15) is 12.4 Å². The normalized spacial score (nSPS) is 15.2. The number of hydrogen-bond donors (Lipinski definition) is 0. The smallest absolute Gasteiger partial charge is 0.273 e. The lowest BCUT2D eigenvalue weighted by Crippen LogP contribution is -2.48. The van der Waals surface area contributed by atoms with Crippen LogP contribution in [0.15, 0.2) is 48.5 Å². The van der Waals surface area contributed by atoms with E-state index in [4.69, 9.17) is 4.74 Å². The summed E-state index contributed by atoms with van der Waals surface area (Å²) in [6.45, 7) is 1.85. The number of likely N-dealkylation sites (tertiary alicyclic amines) is 1. The molecule has 1 heterocycles. The quantitative estimate of drug-likeness (QED) is 0.525. The zero-order chi connectivity index (χ0) is 20.8. The topological polar surface area (TPSA) is 75.9 Å². The number of rotatable bonds is 7. The van der Waals surface area contributed by atoms with Gasteiger partial charge in [0.25, 0.3) is 11.6 Å². The maximum atomic E-state index is 13.3. The average Bonchev–Trinajstić information content (AvgIpc) is 2.71. The molecule has 0 radical (unpaired) electrons. The predicted octanol–water partition coefficient (Wildman–Crippen LogP) is 3.38. The van der Waals surface area contributed by atoms with Crippen LogP contribution in [0.25, 0.3) is 0 Å². The van der Waals surface area contributed by atoms with Crippen LogP contribution in [-0.4, -0.2) is 48.6 Å². The Balaban J connectivity index is 1.69. The Morgan fingerprint density at radius 3 is 2.48 bits per heavy atom. The number of nitrogens with zero attached hydrogens (tertiary/aromatic N) is 3. The number of carbonyl (C=O) groups excluding carboxylic acids is 1. The second kappa shape index (κ2) is 9.58. The van der Waals surface area contributed by atoms with Crippen LogP contribution in [0.1, 0.15) is 18.4 Å². The lowest BCUT2D eigenvalue weighted by Gasteiger charge is -2.38. The molecular weight excluding hydrogens is 377 g/mol. The lowest BCUT2D eigenvalue weighted by molar-refractivity contribution is -0.385. The van der Waals surface area contributed by atoms with E-state index < -0.39 is 0 Å². The molecule has 0 aliphatic carbocycles. The Morgan fingerprint density at radius 1 is 1.21 bits per heavy atom. The molecule has 0 atom stereocenters. The van der Waals surface area contributed by atoms with E-state index in [0.717, 1.165) is 0 Å². The van der Waals surface area contributed by atoms with Crippen molar-refractivity contribution in [3.05, 3.63) is 70.0 Å². The first-order valence-electron chi connectivity index (χ1n) is 9.51. The van der Waals surface area contributed by atoms with E-state index in [-0.39, 0.29) is 35.0 Å². The summed E-state index contributed by atoms with van der Waals surface area (Å²) in [6, 6.07) is 12.6. The SMILES string of the molecule is COCC(=O)N(c1ccc(F)cc1)C1CCN(Cc2ccccc2[N+](=O)[O-])CC1. The second-order valence-electron chi connectivity index (χ2n) is 7.07. The molecule has 8 heteroatoms. The van der Waals surface area contributed by atoms with E-state index >= 15 is 0 Å². The van der Waals surface area contributed by atoms with Gasteiger partial charge in [-0.25, -0.2) is 4.39 Å². The van der Waals surface area contributed by atoms with E-state index in [2.05, 4.69) is 4.90 Å². The Hall–Kier alpha value is -2.84. The molecule has 1 saturated heterocycles. The molecule has 154 valence electrons. The van der Waals surface area contributed by atoms with E-state index in [9.17, 15) is 19.3 Å². The first kappa shape index (κ1) is 20.9. The number of anilines is 1. The molecule has 0 aromatic heterocycles. The Kier molecular flexibility index (Phi) is 6.90. The second-order valence-corrected chi connectivity index (χ2v) is 7.07. The third kappa shape index (κ3) is 5.16. The molecule has 1 fully saturated rings. The highest BCUT2D eigenvalue weighted by Gasteiger charge is 2.29. The molecule has 0 bridgehead atoms. The fourth-order valence-electron chi connectivity index (χ4n) is 3.75. The van der Waals surface area contributed by atoms with Crippen molar-refractivity contribution >= 4 is 17.3 Å². The minimum absolute atomic E-state index is 0.0369. The van der Waals surface area contributed by atoms with Gasteiger partial charge >= 0.3 is 0 Å². The predicted molar refractivity (Wildman–Crippen MR) is 107 cm³/mol. The Labute approximate surface area is 168 Å². The third-order valence-corrected chi connectivity index (χ3v) is 5.15. The number of ether oxygens (including phenoxy) is 1. The number of nitro groups is 1. The van der Waals surface area contributed by atoms with E-state index in [1.165, 1.54) is 25.3 Å². The van der Waals surface area contributed by atoms with Crippen LogP contribution >= 0.6 is 0 Å². The molecule has 1 aliphatic heterocycles. The van der Waals surface area contributed by atoms with E-state index in [1.54, 1.807) is 35.2 Å². The number of benzene rings is 2. The van der Waals surface area contributed by atoms with Crippen LogP contribution < -0.4 is 4.90 Å². The molecule has 0 saturated carbocycles. The fraction of sp³-hybridized carbons (Fsp3) is 0.381. The summed E-state index contributed by atoms with van der Waals surface area (Å²) in [4.78, 5) is 27.3. The first-order valence-corrected chi connectivity index (χ1v) is 9.51. The standard InChI is InChI=1S/C21H24FN3O4/c1-29-15-21(26)24(18-8-6-17(22)7-9-18)19-10-12-23(13-11-19)14-16-4-2-3-5-20(16)25(27)28/h2-9,19H,10-15H2,1H3. The maximum Gasteiger partial charge on any atom is 0.273 e. The fourth-order valence-corrected chi connectivity index (χ4v) is 3.75. The molecular formula is C21H24FN3O4. The summed E-state index contributed by atoms with van der Waals surface area (Å²) >= 11 is 0. The summed E-state index contributed by atoms with van der Waals surface area (Å²) in [5.74, 6) is -0.525. The van der Waals surface area contributed by atoms with Gasteiger partial charge in [0, 0.05) is 50.1 Å². The number of carbonyl (C=O) groups is 1. The van der Waals surface area contributed by atoms with Gasteiger partial charge in [-0.3, -0.25) is 19.8 Å². The van der Waals surface area contributed by atoms with Crippen molar-refractivity contribution in [2.24, 2.45) is 0 Å². The molecule has 29 heavy (non-hydrogen) atoms. The monoisotopic (exact) mass is 401 g/mol. The highest BCUT2D eigenvalue weighted by atomic mass is 19.1. The van der Waals surface area contributed by atoms with Crippen LogP contribution in [0.5, 0.6) is 0 Å². The summed E-state index contributed by atoms with van der Waals surface area (Å²) in [6.07, 6.45) is 1.43. The molecule has 2 aromatic carbocycles. The van der Waals surface area contributed by atoms with Gasteiger partial charge in [-0.2, -0.15) is 0 Å². The number of halogens is 1. The van der Waals surface area contributed by atoms with Crippen LogP contribution in [0, 0.1) is 15.9 Å². The number of nitro benzene ring substituents is 1. The van der Waals surface area contributed by atoms with E-state index in [0.29, 0.717) is 43.7 Å². The van der Waals surface area contributed by atoms with Crippen molar-refractivity contribution in [2.45, 2.75) is 25.4 Å². The molecule has 1 aliphatic rings. The minimum atomic E-state index is -0.359. The Morgan fingerprint density at radius 2 is 1.86 bits per heavy atom. The summed E-state index contributed by atoms with van der Waals surface area (Å²) in [5.41, 5.74) is 1.45. The van der Waals surface area contributed by atoms with Crippen LogP contribution in [0.3, 0.4) is 0 Å². The molecule has 3 rings (SSSR count). The van der Waals surface area contributed by atoms with Gasteiger partial charge in [-0.15, -0.1) is 0 Å². The van der Waals surface area contributed by atoms with Crippen LogP contribution in [0.2, 0.25) is 0 Å². The number of methoxy groups -OCH3 is 1. The van der Waals surface area contributed by atoms with Crippen molar-refractivity contribution in [2.75, 3.05) is 31.7 Å². The highest BCUT2D eigenvalue weighted by Crippen LogP contribution is 2.26. The van der Waals surface area contributed by atoms with Crippen molar-refractivity contribution in [1.82, 2.24) is 4.90 Å². The van der Waals surface area contributed by atoms with Gasteiger partial charge in [-0.05, 0) is 37.1 Å². The molecule has 0 N–H and O–H groups in total. The zero-order valence-electron chi connectivity index (χ0n) is 16.3. The van der Waals surface area contributed by atoms with Crippen molar-refractivity contribution < 1.29 is 18.8 Å². The van der Waals surface area contributed by atoms with Crippen molar-refractivity contribution in [1.29, 1.82) is 0 Å².